The molecule has 1 saturated heterocycles. The number of terminal acetylenes is 1. The number of likely N-dealkylation sites (tertiary alicyclic amines) is 1. The van der Waals surface area contributed by atoms with E-state index in [0.717, 1.165) is 12.8 Å². The summed E-state index contributed by atoms with van der Waals surface area (Å²) >= 11 is 0. The lowest BCUT2D eigenvalue weighted by Crippen LogP contribution is -2.48. The van der Waals surface area contributed by atoms with Gasteiger partial charge in [0.25, 0.3) is 0 Å². The number of hydrogen-bond donors (Lipinski definition) is 1. The van der Waals surface area contributed by atoms with Crippen molar-refractivity contribution in [2.75, 3.05) is 13.7 Å². The van der Waals surface area contributed by atoms with E-state index in [0.29, 0.717) is 5.92 Å². The van der Waals surface area contributed by atoms with E-state index >= 15 is 0 Å². The quantitative estimate of drug-likeness (QED) is 0.560. The van der Waals surface area contributed by atoms with Crippen LogP contribution in [0.5, 0.6) is 0 Å². The van der Waals surface area contributed by atoms with Crippen molar-refractivity contribution in [1.29, 1.82) is 0 Å². The molecule has 3 nitrogen and oxygen atoms in total. The molecule has 0 aromatic carbocycles. The van der Waals surface area contributed by atoms with Crippen molar-refractivity contribution in [3.8, 4) is 12.3 Å². The zero-order valence-corrected chi connectivity index (χ0v) is 9.97. The molecule has 0 radical (unpaired) electrons. The van der Waals surface area contributed by atoms with E-state index in [1.54, 1.807) is 0 Å². The number of rotatable bonds is 2. The van der Waals surface area contributed by atoms with Crippen molar-refractivity contribution in [3.05, 3.63) is 12.2 Å². The van der Waals surface area contributed by atoms with E-state index in [9.17, 15) is 9.90 Å². The average molecular weight is 231 g/mol. The lowest BCUT2D eigenvalue weighted by molar-refractivity contribution is -0.139. The van der Waals surface area contributed by atoms with Crippen LogP contribution in [0.3, 0.4) is 0 Å². The van der Waals surface area contributed by atoms with Crippen molar-refractivity contribution in [1.82, 2.24) is 4.90 Å². The first-order chi connectivity index (χ1) is 8.18. The molecule has 17 heavy (non-hydrogen) atoms. The maximum Gasteiger partial charge on any atom is 0.241 e. The molecule has 90 valence electrons. The first-order valence-corrected chi connectivity index (χ1v) is 6.21. The molecule has 1 amide bonds. The Bertz CT molecular complexity index is 436. The van der Waals surface area contributed by atoms with Crippen molar-refractivity contribution in [2.24, 2.45) is 23.2 Å². The maximum atomic E-state index is 12.4. The van der Waals surface area contributed by atoms with Crippen LogP contribution in [0, 0.1) is 35.5 Å². The van der Waals surface area contributed by atoms with Crippen LogP contribution in [0.15, 0.2) is 12.2 Å². The summed E-state index contributed by atoms with van der Waals surface area (Å²) in [7, 11) is 1.85. The molecule has 3 rings (SSSR count). The highest BCUT2D eigenvalue weighted by atomic mass is 16.3. The van der Waals surface area contributed by atoms with Gasteiger partial charge in [-0.15, -0.1) is 6.42 Å². The highest BCUT2D eigenvalue weighted by Gasteiger charge is 2.70. The Kier molecular flexibility index (Phi) is 2.15. The van der Waals surface area contributed by atoms with E-state index in [4.69, 9.17) is 6.42 Å². The molecule has 3 aliphatic rings. The summed E-state index contributed by atoms with van der Waals surface area (Å²) < 4.78 is 0. The summed E-state index contributed by atoms with van der Waals surface area (Å²) in [4.78, 5) is 14.2. The van der Waals surface area contributed by atoms with Gasteiger partial charge in [0.05, 0.1) is 0 Å². The number of piperidine rings is 1. The fraction of sp³-hybridized carbons (Fsp3) is 0.643. The second-order valence-electron chi connectivity index (χ2n) is 5.39. The summed E-state index contributed by atoms with van der Waals surface area (Å²) in [5.74, 6) is 3.63. The maximum absolute atomic E-state index is 12.4. The Balaban J connectivity index is 2.11. The van der Waals surface area contributed by atoms with Gasteiger partial charge >= 0.3 is 0 Å². The fourth-order valence-electron chi connectivity index (χ4n) is 4.41. The smallest absolute Gasteiger partial charge is 0.241 e. The molecule has 0 aromatic heterocycles. The third kappa shape index (κ3) is 1.01. The largest absolute Gasteiger partial charge is 0.396 e. The van der Waals surface area contributed by atoms with Crippen LogP contribution in [-0.2, 0) is 4.79 Å². The number of carbonyl (C=O) groups excluding carboxylic acids is 1. The molecule has 0 unspecified atom stereocenters. The van der Waals surface area contributed by atoms with Gasteiger partial charge in [0, 0.05) is 31.5 Å². The SMILES string of the molecule is C#C[C@@]12C(=O)N(C)[C@H]3[C@H](CCO)[C@H]1C=CC[C@H]32. The Morgan fingerprint density at radius 2 is 2.47 bits per heavy atom. The second kappa shape index (κ2) is 3.36. The standard InChI is InChI=1S/C14H17NO2/c1-3-14-10-5-4-6-11(14)12(9(10)7-8-16)15(2)13(14)17/h1,4-5,9-12,16H,6-8H2,2H3/t9-,10-,11-,12+,14-/m1/s1. The lowest BCUT2D eigenvalue weighted by Gasteiger charge is -2.38. The summed E-state index contributed by atoms with van der Waals surface area (Å²) in [6, 6.07) is 0.214. The van der Waals surface area contributed by atoms with Crippen LogP contribution in [0.2, 0.25) is 0 Å². The Hall–Kier alpha value is -1.27. The third-order valence-electron chi connectivity index (χ3n) is 4.98. The highest BCUT2D eigenvalue weighted by molar-refractivity contribution is 5.91. The fourth-order valence-corrected chi connectivity index (χ4v) is 4.41. The molecule has 2 fully saturated rings. The molecule has 1 aliphatic heterocycles. The summed E-state index contributed by atoms with van der Waals surface area (Å²) in [5.41, 5.74) is -0.617. The van der Waals surface area contributed by atoms with Gasteiger partial charge in [0.2, 0.25) is 5.91 Å². The monoisotopic (exact) mass is 231 g/mol. The highest BCUT2D eigenvalue weighted by Crippen LogP contribution is 2.63. The molecule has 1 N–H and O–H groups in total. The van der Waals surface area contributed by atoms with Crippen LogP contribution in [-0.4, -0.2) is 35.6 Å². The molecule has 1 saturated carbocycles. The average Bonchev–Trinajstić information content (AvgIpc) is 2.61. The Morgan fingerprint density at radius 1 is 1.71 bits per heavy atom. The lowest BCUT2D eigenvalue weighted by atomic mass is 9.67. The van der Waals surface area contributed by atoms with Crippen LogP contribution < -0.4 is 0 Å². The van der Waals surface area contributed by atoms with E-state index in [2.05, 4.69) is 18.1 Å². The first kappa shape index (κ1) is 10.9. The second-order valence-corrected chi connectivity index (χ2v) is 5.39. The Labute approximate surface area is 101 Å². The van der Waals surface area contributed by atoms with Gasteiger partial charge in [0.15, 0.2) is 0 Å². The van der Waals surface area contributed by atoms with Crippen LogP contribution >= 0.6 is 0 Å². The van der Waals surface area contributed by atoms with Crippen molar-refractivity contribution in [3.63, 3.8) is 0 Å². The van der Waals surface area contributed by atoms with Crippen molar-refractivity contribution >= 4 is 5.91 Å². The minimum Gasteiger partial charge on any atom is -0.396 e. The van der Waals surface area contributed by atoms with Gasteiger partial charge in [-0.25, -0.2) is 0 Å². The minimum absolute atomic E-state index is 0.110. The zero-order chi connectivity index (χ0) is 12.2. The van der Waals surface area contributed by atoms with Gasteiger partial charge < -0.3 is 10.0 Å². The first-order valence-electron chi connectivity index (χ1n) is 6.21. The van der Waals surface area contributed by atoms with Crippen molar-refractivity contribution < 1.29 is 9.90 Å². The van der Waals surface area contributed by atoms with Crippen LogP contribution in [0.25, 0.3) is 0 Å². The van der Waals surface area contributed by atoms with Gasteiger partial charge in [-0.3, -0.25) is 4.79 Å². The van der Waals surface area contributed by atoms with E-state index in [1.165, 1.54) is 0 Å². The molecular formula is C14H17NO2. The molecule has 5 atom stereocenters. The summed E-state index contributed by atoms with van der Waals surface area (Å²) in [6.07, 6.45) is 11.6. The molecule has 2 aliphatic carbocycles. The van der Waals surface area contributed by atoms with E-state index in [-0.39, 0.29) is 30.4 Å². The van der Waals surface area contributed by atoms with Gasteiger partial charge in [-0.05, 0) is 18.8 Å². The number of hydrogen-bond acceptors (Lipinski definition) is 2. The molecule has 0 spiro atoms. The van der Waals surface area contributed by atoms with Gasteiger partial charge in [-0.1, -0.05) is 18.1 Å². The molecule has 4 bridgehead atoms. The predicted octanol–water partition coefficient (Wildman–Crippen LogP) is 0.651. The number of nitrogens with zero attached hydrogens (tertiary/aromatic N) is 1. The zero-order valence-electron chi connectivity index (χ0n) is 9.97. The van der Waals surface area contributed by atoms with E-state index < -0.39 is 5.41 Å². The molecule has 1 heterocycles. The van der Waals surface area contributed by atoms with Gasteiger partial charge in [-0.2, -0.15) is 0 Å². The summed E-state index contributed by atoms with van der Waals surface area (Å²) in [5, 5.41) is 9.20. The number of amides is 1. The number of aliphatic hydroxyl groups is 1. The minimum atomic E-state index is -0.617. The topological polar surface area (TPSA) is 40.5 Å². The van der Waals surface area contributed by atoms with E-state index in [1.807, 2.05) is 11.9 Å². The number of aliphatic hydroxyl groups excluding tert-OH is 1. The normalized spacial score (nSPS) is 46.4. The number of carbonyl (C=O) groups is 1. The summed E-state index contributed by atoms with van der Waals surface area (Å²) in [6.45, 7) is 0.168. The van der Waals surface area contributed by atoms with Crippen LogP contribution in [0.1, 0.15) is 12.8 Å². The number of allylic oxidation sites excluding steroid dienone is 2. The third-order valence-corrected chi connectivity index (χ3v) is 4.98. The Morgan fingerprint density at radius 3 is 3.06 bits per heavy atom. The van der Waals surface area contributed by atoms with Crippen molar-refractivity contribution in [2.45, 2.75) is 18.9 Å². The van der Waals surface area contributed by atoms with Crippen LogP contribution in [0.4, 0.5) is 0 Å². The predicted molar refractivity (Wildman–Crippen MR) is 63.8 cm³/mol. The molecular weight excluding hydrogens is 214 g/mol. The molecule has 3 heteroatoms. The molecule has 0 aromatic rings. The van der Waals surface area contributed by atoms with Gasteiger partial charge in [0.1, 0.15) is 5.41 Å².